The maximum absolute atomic E-state index is 13.2. The first kappa shape index (κ1) is 8.45. The molecule has 2 bridgehead atoms. The first-order valence-corrected chi connectivity index (χ1v) is 4.81. The minimum Gasteiger partial charge on any atom is -0.306 e. The van der Waals surface area contributed by atoms with Gasteiger partial charge in [0.15, 0.2) is 0 Å². The predicted octanol–water partition coefficient (Wildman–Crippen LogP) is 0.779. The van der Waals surface area contributed by atoms with Crippen molar-refractivity contribution in [3.63, 3.8) is 0 Å². The third-order valence-electron chi connectivity index (χ3n) is 3.01. The molecule has 0 radical (unpaired) electrons. The molecule has 3 atom stereocenters. The van der Waals surface area contributed by atoms with Crippen molar-refractivity contribution in [3.8, 4) is 0 Å². The van der Waals surface area contributed by atoms with E-state index < -0.39 is 6.17 Å². The second-order valence-electron chi connectivity index (χ2n) is 4.27. The summed E-state index contributed by atoms with van der Waals surface area (Å²) in [5, 5.41) is 3.31. The molecule has 3 heteroatoms. The number of alkyl halides is 1. The molecule has 2 rings (SSSR count). The van der Waals surface area contributed by atoms with Crippen molar-refractivity contribution in [2.45, 2.75) is 44.6 Å². The molecule has 2 aliphatic heterocycles. The molecule has 0 aliphatic carbocycles. The number of likely N-dealkylation sites (tertiary alicyclic amines) is 1. The highest BCUT2D eigenvalue weighted by Crippen LogP contribution is 2.24. The second kappa shape index (κ2) is 2.96. The van der Waals surface area contributed by atoms with E-state index in [9.17, 15) is 4.39 Å². The number of halogens is 1. The number of hydrogen-bond donors (Lipinski definition) is 1. The lowest BCUT2D eigenvalue weighted by Crippen LogP contribution is -2.54. The molecule has 3 unspecified atom stereocenters. The zero-order valence-corrected chi connectivity index (χ0v) is 7.76. The van der Waals surface area contributed by atoms with Crippen molar-refractivity contribution in [2.75, 3.05) is 13.1 Å². The van der Waals surface area contributed by atoms with Crippen LogP contribution in [0.4, 0.5) is 4.39 Å². The number of fused-ring (bicyclic) bond motifs is 2. The van der Waals surface area contributed by atoms with Gasteiger partial charge < -0.3 is 5.32 Å². The van der Waals surface area contributed by atoms with Crippen molar-refractivity contribution in [1.29, 1.82) is 0 Å². The fraction of sp³-hybridized carbons (Fsp3) is 1.00. The largest absolute Gasteiger partial charge is 0.306 e. The maximum atomic E-state index is 13.2. The summed E-state index contributed by atoms with van der Waals surface area (Å²) in [6.45, 7) is 6.26. The van der Waals surface area contributed by atoms with Crippen molar-refractivity contribution < 1.29 is 4.39 Å². The van der Waals surface area contributed by atoms with Crippen molar-refractivity contribution >= 4 is 0 Å². The highest BCUT2D eigenvalue weighted by atomic mass is 19.1. The molecule has 0 spiro atoms. The lowest BCUT2D eigenvalue weighted by Gasteiger charge is -2.35. The lowest BCUT2D eigenvalue weighted by atomic mass is 10.2. The molecule has 12 heavy (non-hydrogen) atoms. The summed E-state index contributed by atoms with van der Waals surface area (Å²) in [5.41, 5.74) is 0. The van der Waals surface area contributed by atoms with Crippen LogP contribution in [0.15, 0.2) is 0 Å². The van der Waals surface area contributed by atoms with Crippen molar-refractivity contribution in [2.24, 2.45) is 0 Å². The highest BCUT2D eigenvalue weighted by Gasteiger charge is 2.40. The smallest absolute Gasteiger partial charge is 0.118 e. The number of hydrogen-bond acceptors (Lipinski definition) is 2. The van der Waals surface area contributed by atoms with Gasteiger partial charge in [0.1, 0.15) is 6.17 Å². The van der Waals surface area contributed by atoms with Gasteiger partial charge in [-0.3, -0.25) is 4.90 Å². The van der Waals surface area contributed by atoms with Crippen LogP contribution in [-0.4, -0.2) is 42.3 Å². The molecule has 0 saturated carbocycles. The zero-order valence-electron chi connectivity index (χ0n) is 7.76. The SMILES string of the molecule is CC(C)N1CC2CC(F)C(C1)N2. The average molecular weight is 172 g/mol. The van der Waals surface area contributed by atoms with Gasteiger partial charge in [-0.1, -0.05) is 0 Å². The topological polar surface area (TPSA) is 15.3 Å². The Morgan fingerprint density at radius 2 is 2.17 bits per heavy atom. The number of nitrogens with one attached hydrogen (secondary N) is 1. The quantitative estimate of drug-likeness (QED) is 0.629. The van der Waals surface area contributed by atoms with E-state index in [0.717, 1.165) is 13.1 Å². The van der Waals surface area contributed by atoms with Gasteiger partial charge in [-0.25, -0.2) is 4.39 Å². The molecular weight excluding hydrogens is 155 g/mol. The fourth-order valence-electron chi connectivity index (χ4n) is 2.24. The van der Waals surface area contributed by atoms with Crippen LogP contribution >= 0.6 is 0 Å². The highest BCUT2D eigenvalue weighted by molar-refractivity contribution is 4.99. The predicted molar refractivity (Wildman–Crippen MR) is 46.9 cm³/mol. The molecule has 1 N–H and O–H groups in total. The van der Waals surface area contributed by atoms with Gasteiger partial charge in [0.25, 0.3) is 0 Å². The molecule has 0 amide bonds. The van der Waals surface area contributed by atoms with E-state index in [1.165, 1.54) is 0 Å². The summed E-state index contributed by atoms with van der Waals surface area (Å²) in [6, 6.07) is 1.06. The van der Waals surface area contributed by atoms with Crippen LogP contribution in [-0.2, 0) is 0 Å². The van der Waals surface area contributed by atoms with Crippen LogP contribution < -0.4 is 5.32 Å². The van der Waals surface area contributed by atoms with E-state index in [0.29, 0.717) is 18.5 Å². The maximum Gasteiger partial charge on any atom is 0.118 e. The van der Waals surface area contributed by atoms with Crippen LogP contribution in [0.3, 0.4) is 0 Å². The molecule has 2 aliphatic rings. The molecular formula is C9H17FN2. The minimum atomic E-state index is -0.612. The fourth-order valence-corrected chi connectivity index (χ4v) is 2.24. The third kappa shape index (κ3) is 1.36. The van der Waals surface area contributed by atoms with E-state index >= 15 is 0 Å². The monoisotopic (exact) mass is 172 g/mol. The van der Waals surface area contributed by atoms with Gasteiger partial charge >= 0.3 is 0 Å². The normalized spacial score (nSPS) is 42.5. The van der Waals surface area contributed by atoms with Gasteiger partial charge in [-0.2, -0.15) is 0 Å². The summed E-state index contributed by atoms with van der Waals surface area (Å²) >= 11 is 0. The van der Waals surface area contributed by atoms with Crippen LogP contribution in [0.5, 0.6) is 0 Å². The van der Waals surface area contributed by atoms with Crippen molar-refractivity contribution in [1.82, 2.24) is 10.2 Å². The zero-order chi connectivity index (χ0) is 8.72. The number of nitrogens with zero attached hydrogens (tertiary/aromatic N) is 1. The molecule has 0 aromatic heterocycles. The molecule has 2 saturated heterocycles. The van der Waals surface area contributed by atoms with E-state index in [-0.39, 0.29) is 6.04 Å². The summed E-state index contributed by atoms with van der Waals surface area (Å²) in [7, 11) is 0. The molecule has 70 valence electrons. The molecule has 2 fully saturated rings. The summed E-state index contributed by atoms with van der Waals surface area (Å²) in [5.74, 6) is 0. The standard InChI is InChI=1S/C9H17FN2/c1-6(2)12-4-7-3-8(10)9(5-12)11-7/h6-9,11H,3-5H2,1-2H3. The molecule has 2 nitrogen and oxygen atoms in total. The Balaban J connectivity index is 2.01. The van der Waals surface area contributed by atoms with E-state index in [2.05, 4.69) is 24.1 Å². The van der Waals surface area contributed by atoms with Gasteiger partial charge in [0.2, 0.25) is 0 Å². The molecule has 2 heterocycles. The Kier molecular flexibility index (Phi) is 2.09. The summed E-state index contributed by atoms with van der Waals surface area (Å²) in [4.78, 5) is 2.37. The number of piperazine rings is 1. The first-order valence-electron chi connectivity index (χ1n) is 4.81. The Labute approximate surface area is 73.1 Å². The van der Waals surface area contributed by atoms with E-state index in [1.54, 1.807) is 0 Å². The Morgan fingerprint density at radius 1 is 1.42 bits per heavy atom. The lowest BCUT2D eigenvalue weighted by molar-refractivity contribution is 0.146. The summed E-state index contributed by atoms with van der Waals surface area (Å²) < 4.78 is 13.2. The molecule has 0 aromatic rings. The Bertz CT molecular complexity index is 170. The van der Waals surface area contributed by atoms with Crippen molar-refractivity contribution in [3.05, 3.63) is 0 Å². The van der Waals surface area contributed by atoms with Crippen LogP contribution in [0.25, 0.3) is 0 Å². The Hall–Kier alpha value is -0.150. The van der Waals surface area contributed by atoms with Crippen LogP contribution in [0.1, 0.15) is 20.3 Å². The first-order chi connectivity index (χ1) is 5.66. The van der Waals surface area contributed by atoms with Crippen LogP contribution in [0, 0.1) is 0 Å². The third-order valence-corrected chi connectivity index (χ3v) is 3.01. The van der Waals surface area contributed by atoms with E-state index in [4.69, 9.17) is 0 Å². The minimum absolute atomic E-state index is 0.103. The number of rotatable bonds is 1. The summed E-state index contributed by atoms with van der Waals surface area (Å²) in [6.07, 6.45) is 0.104. The van der Waals surface area contributed by atoms with Gasteiger partial charge in [0, 0.05) is 25.2 Å². The Morgan fingerprint density at radius 3 is 2.75 bits per heavy atom. The van der Waals surface area contributed by atoms with E-state index in [1.807, 2.05) is 0 Å². The van der Waals surface area contributed by atoms with Gasteiger partial charge in [-0.15, -0.1) is 0 Å². The van der Waals surface area contributed by atoms with Crippen LogP contribution in [0.2, 0.25) is 0 Å². The van der Waals surface area contributed by atoms with Gasteiger partial charge in [-0.05, 0) is 20.3 Å². The van der Waals surface area contributed by atoms with Gasteiger partial charge in [0.05, 0.1) is 6.04 Å². The molecule has 0 aromatic carbocycles. The average Bonchev–Trinajstić information content (AvgIpc) is 2.26. The second-order valence-corrected chi connectivity index (χ2v) is 4.27.